The second-order valence-electron chi connectivity index (χ2n) is 4.67. The Bertz CT molecular complexity index is 836. The van der Waals surface area contributed by atoms with Crippen molar-refractivity contribution in [3.63, 3.8) is 0 Å². The maximum atomic E-state index is 12.5. The maximum Gasteiger partial charge on any atom is 0.206 e. The Hall–Kier alpha value is -2.24. The number of rotatable bonds is 4. The molecule has 0 aliphatic heterocycles. The van der Waals surface area contributed by atoms with Gasteiger partial charge in [0.1, 0.15) is 5.69 Å². The summed E-state index contributed by atoms with van der Waals surface area (Å²) in [6.07, 6.45) is 1.59. The van der Waals surface area contributed by atoms with E-state index >= 15 is 0 Å². The fourth-order valence-electron chi connectivity index (χ4n) is 2.07. The number of carbonyl (C=O) groups excluding carboxylic acids is 2. The Morgan fingerprint density at radius 1 is 1.18 bits per heavy atom. The van der Waals surface area contributed by atoms with Crippen LogP contribution in [0.4, 0.5) is 0 Å². The first-order valence-electron chi connectivity index (χ1n) is 6.51. The van der Waals surface area contributed by atoms with Crippen LogP contribution in [0, 0.1) is 0 Å². The van der Waals surface area contributed by atoms with Crippen molar-refractivity contribution in [2.45, 2.75) is 6.92 Å². The van der Waals surface area contributed by atoms with Gasteiger partial charge >= 0.3 is 0 Å². The number of carbonyl (C=O) groups is 2. The van der Waals surface area contributed by atoms with Crippen LogP contribution in [0.2, 0.25) is 5.02 Å². The molecule has 0 unspecified atom stereocenters. The molecule has 0 radical (unpaired) electrons. The third-order valence-electron chi connectivity index (χ3n) is 3.13. The maximum absolute atomic E-state index is 12.5. The summed E-state index contributed by atoms with van der Waals surface area (Å²) >= 11 is 7.21. The monoisotopic (exact) mass is 330 g/mol. The molecule has 0 saturated heterocycles. The van der Waals surface area contributed by atoms with Crippen molar-refractivity contribution in [2.24, 2.45) is 0 Å². The average molecular weight is 331 g/mol. The zero-order valence-corrected chi connectivity index (χ0v) is 13.2. The number of halogens is 1. The number of thiophene rings is 1. The highest BCUT2D eigenvalue weighted by Crippen LogP contribution is 2.20. The van der Waals surface area contributed by atoms with E-state index in [1.165, 1.54) is 22.9 Å². The van der Waals surface area contributed by atoms with Gasteiger partial charge in [-0.25, -0.2) is 4.68 Å². The molecule has 3 aromatic rings. The predicted molar refractivity (Wildman–Crippen MR) is 86.3 cm³/mol. The van der Waals surface area contributed by atoms with Gasteiger partial charge in [0.05, 0.1) is 16.1 Å². The average Bonchev–Trinajstić information content (AvgIpc) is 3.17. The molecule has 110 valence electrons. The Morgan fingerprint density at radius 2 is 1.91 bits per heavy atom. The van der Waals surface area contributed by atoms with Crippen molar-refractivity contribution in [3.8, 4) is 5.69 Å². The Morgan fingerprint density at radius 3 is 2.50 bits per heavy atom. The number of hydrogen-bond donors (Lipinski definition) is 0. The first kappa shape index (κ1) is 14.7. The zero-order chi connectivity index (χ0) is 15.7. The first-order valence-corrected chi connectivity index (χ1v) is 7.77. The van der Waals surface area contributed by atoms with Crippen LogP contribution in [-0.4, -0.2) is 21.3 Å². The van der Waals surface area contributed by atoms with E-state index in [0.29, 0.717) is 15.5 Å². The molecule has 0 amide bonds. The third kappa shape index (κ3) is 2.73. The molecule has 2 aromatic heterocycles. The van der Waals surface area contributed by atoms with Crippen LogP contribution in [0.1, 0.15) is 32.6 Å². The Kier molecular flexibility index (Phi) is 3.92. The SMILES string of the molecule is CC(=O)c1nn(-c2ccc(Cl)cc2)cc1C(=O)c1cccs1. The van der Waals surface area contributed by atoms with Crippen molar-refractivity contribution in [1.29, 1.82) is 0 Å². The van der Waals surface area contributed by atoms with Gasteiger partial charge in [-0.1, -0.05) is 17.7 Å². The van der Waals surface area contributed by atoms with E-state index in [9.17, 15) is 9.59 Å². The molecule has 3 rings (SSSR count). The van der Waals surface area contributed by atoms with E-state index in [1.54, 1.807) is 42.6 Å². The third-order valence-corrected chi connectivity index (χ3v) is 4.25. The van der Waals surface area contributed by atoms with Crippen LogP contribution in [0.5, 0.6) is 0 Å². The minimum absolute atomic E-state index is 0.174. The normalized spacial score (nSPS) is 10.6. The second-order valence-corrected chi connectivity index (χ2v) is 6.06. The molecular weight excluding hydrogens is 320 g/mol. The van der Waals surface area contributed by atoms with Crippen molar-refractivity contribution >= 4 is 34.5 Å². The van der Waals surface area contributed by atoms with Gasteiger partial charge in [0.15, 0.2) is 5.78 Å². The van der Waals surface area contributed by atoms with Crippen molar-refractivity contribution in [1.82, 2.24) is 9.78 Å². The highest BCUT2D eigenvalue weighted by Gasteiger charge is 2.21. The quantitative estimate of drug-likeness (QED) is 0.679. The summed E-state index contributed by atoms with van der Waals surface area (Å²) in [5.74, 6) is -0.437. The van der Waals surface area contributed by atoms with Gasteiger partial charge in [0, 0.05) is 18.1 Å². The number of ketones is 2. The molecule has 0 atom stereocenters. The van der Waals surface area contributed by atoms with Crippen LogP contribution >= 0.6 is 22.9 Å². The summed E-state index contributed by atoms with van der Waals surface area (Å²) in [6, 6.07) is 10.5. The van der Waals surface area contributed by atoms with Gasteiger partial charge in [-0.3, -0.25) is 9.59 Å². The summed E-state index contributed by atoms with van der Waals surface area (Å²) in [5, 5.41) is 6.68. The summed E-state index contributed by atoms with van der Waals surface area (Å²) in [6.45, 7) is 1.40. The molecule has 0 fully saturated rings. The van der Waals surface area contributed by atoms with Crippen LogP contribution in [0.3, 0.4) is 0 Å². The molecule has 0 N–H and O–H groups in total. The van der Waals surface area contributed by atoms with Crippen LogP contribution in [-0.2, 0) is 0 Å². The molecule has 4 nitrogen and oxygen atoms in total. The van der Waals surface area contributed by atoms with Crippen molar-refractivity contribution in [3.05, 3.63) is 69.1 Å². The smallest absolute Gasteiger partial charge is 0.206 e. The molecule has 0 aliphatic rings. The molecule has 6 heteroatoms. The highest BCUT2D eigenvalue weighted by atomic mass is 35.5. The van der Waals surface area contributed by atoms with E-state index in [-0.39, 0.29) is 17.3 Å². The van der Waals surface area contributed by atoms with Gasteiger partial charge < -0.3 is 0 Å². The topological polar surface area (TPSA) is 52.0 Å². The number of aromatic nitrogens is 2. The zero-order valence-electron chi connectivity index (χ0n) is 11.6. The largest absolute Gasteiger partial charge is 0.293 e. The van der Waals surface area contributed by atoms with E-state index in [0.717, 1.165) is 5.69 Å². The fraction of sp³-hybridized carbons (Fsp3) is 0.0625. The van der Waals surface area contributed by atoms with Gasteiger partial charge in [0.25, 0.3) is 0 Å². The van der Waals surface area contributed by atoms with E-state index in [4.69, 9.17) is 11.6 Å². The molecule has 1 aromatic carbocycles. The van der Waals surface area contributed by atoms with Gasteiger partial charge in [-0.15, -0.1) is 11.3 Å². The standard InChI is InChI=1S/C16H11ClN2O2S/c1-10(20)15-13(16(21)14-3-2-8-22-14)9-19(18-15)12-6-4-11(17)5-7-12/h2-9H,1H3. The molecule has 0 bridgehead atoms. The van der Waals surface area contributed by atoms with E-state index in [2.05, 4.69) is 5.10 Å². The van der Waals surface area contributed by atoms with Gasteiger partial charge in [-0.05, 0) is 35.7 Å². The Balaban J connectivity index is 2.08. The molecule has 0 spiro atoms. The molecule has 22 heavy (non-hydrogen) atoms. The van der Waals surface area contributed by atoms with Crippen LogP contribution < -0.4 is 0 Å². The van der Waals surface area contributed by atoms with Gasteiger partial charge in [-0.2, -0.15) is 5.10 Å². The van der Waals surface area contributed by atoms with E-state index < -0.39 is 0 Å². The second kappa shape index (κ2) is 5.87. The fourth-order valence-corrected chi connectivity index (χ4v) is 2.87. The summed E-state index contributed by atoms with van der Waals surface area (Å²) in [5.41, 5.74) is 1.22. The summed E-state index contributed by atoms with van der Waals surface area (Å²) in [4.78, 5) is 24.9. The number of benzene rings is 1. The molecule has 2 heterocycles. The molecule has 0 saturated carbocycles. The lowest BCUT2D eigenvalue weighted by molar-refractivity contribution is 0.0988. The minimum atomic E-state index is -0.243. The van der Waals surface area contributed by atoms with Crippen molar-refractivity contribution < 1.29 is 9.59 Å². The lowest BCUT2D eigenvalue weighted by atomic mass is 10.1. The van der Waals surface area contributed by atoms with Crippen molar-refractivity contribution in [2.75, 3.05) is 0 Å². The van der Waals surface area contributed by atoms with Crippen LogP contribution in [0.25, 0.3) is 5.69 Å². The number of hydrogen-bond acceptors (Lipinski definition) is 4. The highest BCUT2D eigenvalue weighted by molar-refractivity contribution is 7.12. The predicted octanol–water partition coefficient (Wildman–Crippen LogP) is 4.02. The van der Waals surface area contributed by atoms with Crippen LogP contribution in [0.15, 0.2) is 48.0 Å². The molecule has 0 aliphatic carbocycles. The minimum Gasteiger partial charge on any atom is -0.293 e. The van der Waals surface area contributed by atoms with E-state index in [1.807, 2.05) is 5.38 Å². The summed E-state index contributed by atoms with van der Waals surface area (Å²) < 4.78 is 1.52. The first-order chi connectivity index (χ1) is 10.6. The number of nitrogens with zero attached hydrogens (tertiary/aromatic N) is 2. The lowest BCUT2D eigenvalue weighted by Gasteiger charge is -2.00. The summed E-state index contributed by atoms with van der Waals surface area (Å²) in [7, 11) is 0. The Labute approximate surface area is 136 Å². The lowest BCUT2D eigenvalue weighted by Crippen LogP contribution is -2.05. The van der Waals surface area contributed by atoms with Gasteiger partial charge in [0.2, 0.25) is 5.78 Å². The number of Topliss-reactive ketones (excluding diaryl/α,β-unsaturated/α-hetero) is 1. The molecular formula is C16H11ClN2O2S.